The highest BCUT2D eigenvalue weighted by Gasteiger charge is 2.05. The fourth-order valence-electron chi connectivity index (χ4n) is 6.76. The lowest BCUT2D eigenvalue weighted by molar-refractivity contribution is -0.140. The van der Waals surface area contributed by atoms with Gasteiger partial charge in [-0.25, -0.2) is 28.8 Å². The molecule has 17 heteroatoms. The normalized spacial score (nSPS) is 9.62. The van der Waals surface area contributed by atoms with Gasteiger partial charge in [-0.2, -0.15) is 0 Å². The maximum atomic E-state index is 11.0. The Balaban J connectivity index is -0.000000153. The zero-order chi connectivity index (χ0) is 73.8. The highest BCUT2D eigenvalue weighted by molar-refractivity contribution is 5.88. The van der Waals surface area contributed by atoms with Crippen LogP contribution in [0.5, 0.6) is 0 Å². The van der Waals surface area contributed by atoms with Gasteiger partial charge in [-0.1, -0.05) is 181 Å². The van der Waals surface area contributed by atoms with E-state index in [2.05, 4.69) is 78.1 Å². The predicted molar refractivity (Wildman–Crippen MR) is 395 cm³/mol. The Kier molecular flexibility index (Phi) is 103. The Bertz CT molecular complexity index is 1860. The molecule has 0 fully saturated rings. The summed E-state index contributed by atoms with van der Waals surface area (Å²) in [4.78, 5) is 64.6. The van der Waals surface area contributed by atoms with Crippen LogP contribution in [0.25, 0.3) is 0 Å². The van der Waals surface area contributed by atoms with E-state index in [1.54, 1.807) is 63.2 Å². The van der Waals surface area contributed by atoms with Crippen molar-refractivity contribution in [2.45, 2.75) is 261 Å². The molecule has 0 aromatic carbocycles. The van der Waals surface area contributed by atoms with E-state index in [1.807, 2.05) is 13.8 Å². The van der Waals surface area contributed by atoms with Crippen molar-refractivity contribution in [3.05, 3.63) is 98.2 Å². The summed E-state index contributed by atoms with van der Waals surface area (Å²) in [5, 5.41) is 0. The lowest BCUT2D eigenvalue weighted by atomic mass is 10.1. The summed E-state index contributed by atoms with van der Waals surface area (Å²) in [5.74, 6) is -1.79. The number of esters is 6. The molecule has 0 aliphatic carbocycles. The molecule has 0 unspecified atom stereocenters. The maximum absolute atomic E-state index is 11.0. The quantitative estimate of drug-likeness (QED) is 0.0183. The van der Waals surface area contributed by atoms with Crippen molar-refractivity contribution in [2.75, 3.05) is 108 Å². The minimum atomic E-state index is -0.330. The summed E-state index contributed by atoms with van der Waals surface area (Å²) in [6.07, 6.45) is 37.6. The fraction of sp³-hybridized carbons (Fsp3) is 0.718. The second-order valence-corrected chi connectivity index (χ2v) is 23.0. The molecule has 0 aromatic rings. The monoisotopic (exact) mass is 1350 g/mol. The van der Waals surface area contributed by atoms with Crippen molar-refractivity contribution in [1.82, 2.24) is 0 Å². The Morgan fingerprint density at radius 2 is 0.453 bits per heavy atom. The van der Waals surface area contributed by atoms with Gasteiger partial charge in [0.2, 0.25) is 0 Å². The molecule has 0 aliphatic heterocycles. The Hall–Kier alpha value is -5.46. The molecule has 0 radical (unpaired) electrons. The first-order chi connectivity index (χ1) is 45.4. The minimum absolute atomic E-state index is 0.263. The van der Waals surface area contributed by atoms with Gasteiger partial charge in [0.15, 0.2) is 0 Å². The van der Waals surface area contributed by atoms with Crippen LogP contribution in [-0.2, 0) is 80.9 Å². The van der Waals surface area contributed by atoms with Gasteiger partial charge in [0.1, 0.15) is 0 Å². The largest absolute Gasteiger partial charge is 0.463 e. The van der Waals surface area contributed by atoms with Crippen LogP contribution >= 0.6 is 0 Å². The van der Waals surface area contributed by atoms with Crippen LogP contribution in [0.4, 0.5) is 0 Å². The number of hydrogen-bond acceptors (Lipinski definition) is 17. The van der Waals surface area contributed by atoms with Crippen LogP contribution in [0.3, 0.4) is 0 Å². The van der Waals surface area contributed by atoms with E-state index < -0.39 is 0 Å². The number of rotatable bonds is 53. The zero-order valence-corrected chi connectivity index (χ0v) is 63.5. The van der Waals surface area contributed by atoms with Crippen molar-refractivity contribution >= 4 is 35.8 Å². The van der Waals surface area contributed by atoms with Crippen LogP contribution in [0.2, 0.25) is 0 Å². The fourth-order valence-corrected chi connectivity index (χ4v) is 6.76. The second-order valence-electron chi connectivity index (χ2n) is 23.0. The molecule has 95 heavy (non-hydrogen) atoms. The van der Waals surface area contributed by atoms with Crippen molar-refractivity contribution in [1.29, 1.82) is 0 Å². The van der Waals surface area contributed by atoms with E-state index in [0.717, 1.165) is 129 Å². The lowest BCUT2D eigenvalue weighted by Crippen LogP contribution is -2.06. The molecular weight excluding hydrogens is 1210 g/mol. The average Bonchev–Trinajstić information content (AvgIpc) is 3.70. The number of unbranched alkanes of at least 4 members (excludes halogenated alkanes) is 22. The van der Waals surface area contributed by atoms with Crippen molar-refractivity contribution in [3.8, 4) is 0 Å². The zero-order valence-electron chi connectivity index (χ0n) is 63.5. The number of carbonyl (C=O) groups is 6. The third kappa shape index (κ3) is 116. The van der Waals surface area contributed by atoms with Gasteiger partial charge in [-0.15, -0.1) is 13.2 Å². The molecule has 0 saturated heterocycles. The smallest absolute Gasteiger partial charge is 0.333 e. The third-order valence-corrected chi connectivity index (χ3v) is 12.6. The Morgan fingerprint density at radius 3 is 0.684 bits per heavy atom. The summed E-state index contributed by atoms with van der Waals surface area (Å²) in [6.45, 7) is 52.5. The number of allylic oxidation sites excluding steroid dienone is 1. The van der Waals surface area contributed by atoms with Gasteiger partial charge in [-0.3, -0.25) is 0 Å². The number of ether oxygens (including phenoxy) is 11. The molecule has 17 nitrogen and oxygen atoms in total. The molecule has 0 rings (SSSR count). The first kappa shape index (κ1) is 106. The van der Waals surface area contributed by atoms with Crippen LogP contribution in [0, 0.1) is 0 Å². The van der Waals surface area contributed by atoms with Crippen molar-refractivity contribution in [3.63, 3.8) is 0 Å². The first-order valence-electron chi connectivity index (χ1n) is 35.0. The molecule has 0 aromatic heterocycles. The van der Waals surface area contributed by atoms with Gasteiger partial charge in [0, 0.05) is 103 Å². The molecule has 0 aliphatic rings. The van der Waals surface area contributed by atoms with Crippen LogP contribution in [-0.4, -0.2) is 144 Å². The average molecular weight is 1350 g/mol. The molecule has 0 bridgehead atoms. The molecule has 558 valence electrons. The second kappa shape index (κ2) is 92.7. The molecule has 0 amide bonds. The van der Waals surface area contributed by atoms with Crippen molar-refractivity contribution < 1.29 is 80.9 Å². The summed E-state index contributed by atoms with van der Waals surface area (Å²) >= 11 is 0. The van der Waals surface area contributed by atoms with E-state index in [-0.39, 0.29) is 35.8 Å². The van der Waals surface area contributed by atoms with E-state index in [1.165, 1.54) is 120 Å². The van der Waals surface area contributed by atoms with E-state index >= 15 is 0 Å². The van der Waals surface area contributed by atoms with E-state index in [0.29, 0.717) is 68.5 Å². The van der Waals surface area contributed by atoms with Gasteiger partial charge in [0.25, 0.3) is 0 Å². The number of carbonyl (C=O) groups excluding carboxylic acids is 6. The van der Waals surface area contributed by atoms with Gasteiger partial charge < -0.3 is 52.1 Å². The summed E-state index contributed by atoms with van der Waals surface area (Å²) in [6, 6.07) is 0. The topological polar surface area (TPSA) is 204 Å². The molecule has 0 atom stereocenters. The minimum Gasteiger partial charge on any atom is -0.463 e. The molecule has 0 saturated carbocycles. The standard InChI is InChI=1S/C13H24O3.C13H24O2.C11H20O3.C10H20O.C9H16O3.C9H16O2.C7H12O2.C6H12O/c1-12(2)13(14)16-11-9-7-5-4-6-8-10-15-3;1-4-5-6-7-8-9-10-11-15-13(14)12(2)3;1-10(2)11(12)14-9-7-5-4-6-8-13-3;1-10(2)8-6-4-5-7-9-11-3;1-8(2)9(10)12-7-5-4-6-11-3;1-3-5-6-7-8-11-9(10)4-2;1-3-5-6-9-7(8)4-2;1-6(2)4-5-7-3/h1,4-11H2,2-3H3;2,4-11H2,1,3H3;1,4-9H2,2-3H3;1,4-9H2,2-3H3;1,4-7H2,2-3H3;4H,2-3,5-8H2,1H3;4H,2-3,5-6H2,1H3;1,4-5H2,2-3H3. The highest BCUT2D eigenvalue weighted by Crippen LogP contribution is 2.10. The number of methoxy groups -OCH3 is 5. The third-order valence-electron chi connectivity index (χ3n) is 12.6. The SMILES string of the molecule is C=C(C)C(=O)OCCCCCCCCC.C=C(C)C(=O)OCCCCCCCCOC.C=C(C)C(=O)OCCCCCCOC.C=C(C)C(=O)OCCCCOC.C=C(C)CCCCCCOC.C=C(C)CCOC.C=CC(=O)OCCCC.C=CC(=O)OCCCCCC. The Labute approximate surface area is 582 Å². The first-order valence-corrected chi connectivity index (χ1v) is 35.0. The van der Waals surface area contributed by atoms with Crippen LogP contribution in [0.1, 0.15) is 261 Å². The van der Waals surface area contributed by atoms with Gasteiger partial charge in [0.05, 0.1) is 39.6 Å². The van der Waals surface area contributed by atoms with Crippen molar-refractivity contribution in [2.24, 2.45) is 0 Å². The van der Waals surface area contributed by atoms with Crippen LogP contribution in [0.15, 0.2) is 98.2 Å². The molecule has 0 heterocycles. The maximum Gasteiger partial charge on any atom is 0.333 e. The molecular formula is C78H144O17. The Morgan fingerprint density at radius 1 is 0.253 bits per heavy atom. The lowest BCUT2D eigenvalue weighted by Gasteiger charge is -2.04. The molecule has 0 spiro atoms. The van der Waals surface area contributed by atoms with E-state index in [4.69, 9.17) is 47.4 Å². The summed E-state index contributed by atoms with van der Waals surface area (Å²) in [5.41, 5.74) is 4.35. The van der Waals surface area contributed by atoms with E-state index in [9.17, 15) is 28.8 Å². The van der Waals surface area contributed by atoms with Gasteiger partial charge in [-0.05, 0) is 131 Å². The molecule has 0 N–H and O–H groups in total. The van der Waals surface area contributed by atoms with Crippen LogP contribution < -0.4 is 0 Å². The van der Waals surface area contributed by atoms with Gasteiger partial charge >= 0.3 is 35.8 Å². The summed E-state index contributed by atoms with van der Waals surface area (Å²) in [7, 11) is 8.54. The predicted octanol–water partition coefficient (Wildman–Crippen LogP) is 19.4. The number of hydrogen-bond donors (Lipinski definition) is 0. The highest BCUT2D eigenvalue weighted by atomic mass is 16.6. The summed E-state index contributed by atoms with van der Waals surface area (Å²) < 4.78 is 53.7.